The van der Waals surface area contributed by atoms with E-state index in [0.29, 0.717) is 35.6 Å². The SMILES string of the molecule is CCCCC(=O)[C@H]1CCCN(Nc2c(C(N)=O)cnc3[nH]ccc23)C1. The van der Waals surface area contributed by atoms with Gasteiger partial charge in [0, 0.05) is 43.2 Å². The largest absolute Gasteiger partial charge is 0.365 e. The molecule has 2 aromatic rings. The number of amides is 1. The van der Waals surface area contributed by atoms with Gasteiger partial charge < -0.3 is 16.1 Å². The van der Waals surface area contributed by atoms with Gasteiger partial charge in [0.25, 0.3) is 5.91 Å². The number of hydrogen-bond acceptors (Lipinski definition) is 5. The summed E-state index contributed by atoms with van der Waals surface area (Å²) < 4.78 is 0. The van der Waals surface area contributed by atoms with Crippen molar-refractivity contribution in [2.75, 3.05) is 18.5 Å². The molecule has 1 saturated heterocycles. The minimum absolute atomic E-state index is 0.0494. The lowest BCUT2D eigenvalue weighted by Crippen LogP contribution is -2.42. The first-order chi connectivity index (χ1) is 12.1. The van der Waals surface area contributed by atoms with Crippen molar-refractivity contribution in [1.82, 2.24) is 15.0 Å². The smallest absolute Gasteiger partial charge is 0.252 e. The van der Waals surface area contributed by atoms with Crippen LogP contribution in [-0.2, 0) is 4.79 Å². The monoisotopic (exact) mass is 343 g/mol. The Morgan fingerprint density at radius 3 is 3.08 bits per heavy atom. The molecular weight excluding hydrogens is 318 g/mol. The van der Waals surface area contributed by atoms with E-state index in [2.05, 4.69) is 22.3 Å². The number of primary amides is 1. The number of nitrogens with zero attached hydrogens (tertiary/aromatic N) is 2. The molecule has 0 aromatic carbocycles. The van der Waals surface area contributed by atoms with Crippen molar-refractivity contribution in [3.05, 3.63) is 24.0 Å². The van der Waals surface area contributed by atoms with Gasteiger partial charge in [-0.15, -0.1) is 0 Å². The summed E-state index contributed by atoms with van der Waals surface area (Å²) in [5, 5.41) is 2.84. The van der Waals surface area contributed by atoms with Crippen molar-refractivity contribution in [3.63, 3.8) is 0 Å². The second kappa shape index (κ2) is 7.65. The van der Waals surface area contributed by atoms with Gasteiger partial charge in [0.05, 0.1) is 11.3 Å². The number of anilines is 1. The molecule has 3 rings (SSSR count). The van der Waals surface area contributed by atoms with Crippen LogP contribution in [0, 0.1) is 5.92 Å². The zero-order valence-electron chi connectivity index (χ0n) is 14.5. The second-order valence-corrected chi connectivity index (χ2v) is 6.62. The van der Waals surface area contributed by atoms with Gasteiger partial charge >= 0.3 is 0 Å². The minimum Gasteiger partial charge on any atom is -0.365 e. The average Bonchev–Trinajstić information content (AvgIpc) is 3.09. The van der Waals surface area contributed by atoms with E-state index >= 15 is 0 Å². The van der Waals surface area contributed by atoms with Crippen molar-refractivity contribution in [2.24, 2.45) is 11.7 Å². The molecule has 0 aliphatic carbocycles. The van der Waals surface area contributed by atoms with Gasteiger partial charge in [-0.05, 0) is 25.3 Å². The van der Waals surface area contributed by atoms with Crippen molar-refractivity contribution < 1.29 is 9.59 Å². The lowest BCUT2D eigenvalue weighted by Gasteiger charge is -2.33. The number of rotatable bonds is 7. The van der Waals surface area contributed by atoms with Crippen LogP contribution in [0.25, 0.3) is 11.0 Å². The molecule has 0 spiro atoms. The van der Waals surface area contributed by atoms with Crippen LogP contribution < -0.4 is 11.2 Å². The van der Waals surface area contributed by atoms with E-state index in [0.717, 1.165) is 37.6 Å². The summed E-state index contributed by atoms with van der Waals surface area (Å²) in [7, 11) is 0. The number of Topliss-reactive ketones (excluding diaryl/α,β-unsaturated/α-hetero) is 1. The molecule has 1 aliphatic rings. The van der Waals surface area contributed by atoms with E-state index < -0.39 is 5.91 Å². The highest BCUT2D eigenvalue weighted by Gasteiger charge is 2.26. The third-order valence-corrected chi connectivity index (χ3v) is 4.78. The van der Waals surface area contributed by atoms with Crippen LogP contribution in [0.2, 0.25) is 0 Å². The lowest BCUT2D eigenvalue weighted by atomic mass is 9.92. The number of unbranched alkanes of at least 4 members (excludes halogenated alkanes) is 1. The van der Waals surface area contributed by atoms with Crippen molar-refractivity contribution >= 4 is 28.4 Å². The third kappa shape index (κ3) is 3.82. The van der Waals surface area contributed by atoms with E-state index in [1.807, 2.05) is 11.1 Å². The molecule has 1 fully saturated rings. The second-order valence-electron chi connectivity index (χ2n) is 6.62. The van der Waals surface area contributed by atoms with Crippen molar-refractivity contribution in [2.45, 2.75) is 39.0 Å². The number of H-pyrrole nitrogens is 1. The molecule has 3 heterocycles. The first-order valence-electron chi connectivity index (χ1n) is 8.90. The van der Waals surface area contributed by atoms with Crippen LogP contribution in [0.15, 0.2) is 18.5 Å². The zero-order valence-corrected chi connectivity index (χ0v) is 14.5. The molecule has 2 aromatic heterocycles. The zero-order chi connectivity index (χ0) is 17.8. The molecule has 0 unspecified atom stereocenters. The molecular formula is C18H25N5O2. The summed E-state index contributed by atoms with van der Waals surface area (Å²) in [5.74, 6) is -0.135. The fourth-order valence-corrected chi connectivity index (χ4v) is 3.37. The van der Waals surface area contributed by atoms with Gasteiger partial charge in [-0.25, -0.2) is 9.99 Å². The number of piperidine rings is 1. The highest BCUT2D eigenvalue weighted by atomic mass is 16.1. The summed E-state index contributed by atoms with van der Waals surface area (Å²) in [6.45, 7) is 3.57. The number of aromatic nitrogens is 2. The first kappa shape index (κ1) is 17.4. The topological polar surface area (TPSA) is 104 Å². The standard InChI is InChI=1S/C18H25N5O2/c1-2-3-6-15(24)12-5-4-9-23(11-12)22-16-13-7-8-20-18(13)21-10-14(16)17(19)25/h7-8,10,12H,2-6,9,11H2,1H3,(H2,19,25)(H2,20,21,22)/t12-/m0/s1. The Balaban J connectivity index is 1.78. The molecule has 0 bridgehead atoms. The van der Waals surface area contributed by atoms with Gasteiger partial charge in [0.15, 0.2) is 0 Å². The van der Waals surface area contributed by atoms with Gasteiger partial charge in [-0.1, -0.05) is 13.3 Å². The number of pyridine rings is 1. The maximum Gasteiger partial charge on any atom is 0.252 e. The number of carbonyl (C=O) groups is 2. The van der Waals surface area contributed by atoms with E-state index in [-0.39, 0.29) is 5.92 Å². The van der Waals surface area contributed by atoms with Gasteiger partial charge in [-0.3, -0.25) is 9.59 Å². The third-order valence-electron chi connectivity index (χ3n) is 4.78. The molecule has 1 atom stereocenters. The van der Waals surface area contributed by atoms with Crippen LogP contribution in [-0.4, -0.2) is 39.8 Å². The molecule has 7 heteroatoms. The number of ketones is 1. The number of hydrogen-bond donors (Lipinski definition) is 3. The molecule has 0 radical (unpaired) electrons. The number of aromatic amines is 1. The summed E-state index contributed by atoms with van der Waals surface area (Å²) in [4.78, 5) is 31.4. The quantitative estimate of drug-likeness (QED) is 0.716. The predicted octanol–water partition coefficient (Wildman–Crippen LogP) is 2.46. The molecule has 25 heavy (non-hydrogen) atoms. The maximum absolute atomic E-state index is 12.4. The van der Waals surface area contributed by atoms with Crippen molar-refractivity contribution in [3.8, 4) is 0 Å². The Bertz CT molecular complexity index is 770. The lowest BCUT2D eigenvalue weighted by molar-refractivity contribution is -0.124. The number of nitrogens with two attached hydrogens (primary N) is 1. The normalized spacial score (nSPS) is 18.4. The van der Waals surface area contributed by atoms with Crippen LogP contribution in [0.4, 0.5) is 5.69 Å². The van der Waals surface area contributed by atoms with Gasteiger partial charge in [0.2, 0.25) is 0 Å². The molecule has 134 valence electrons. The van der Waals surface area contributed by atoms with Crippen LogP contribution in [0.1, 0.15) is 49.4 Å². The molecule has 1 aliphatic heterocycles. The fourth-order valence-electron chi connectivity index (χ4n) is 3.37. The van der Waals surface area contributed by atoms with Gasteiger partial charge in [-0.2, -0.15) is 0 Å². The predicted molar refractivity (Wildman–Crippen MR) is 97.1 cm³/mol. The summed E-state index contributed by atoms with van der Waals surface area (Å²) in [6, 6.07) is 1.87. The number of fused-ring (bicyclic) bond motifs is 1. The highest BCUT2D eigenvalue weighted by molar-refractivity contribution is 6.05. The first-order valence-corrected chi connectivity index (χ1v) is 8.90. The molecule has 7 nitrogen and oxygen atoms in total. The fraction of sp³-hybridized carbons (Fsp3) is 0.500. The Hall–Kier alpha value is -2.41. The minimum atomic E-state index is -0.523. The average molecular weight is 343 g/mol. The van der Waals surface area contributed by atoms with E-state index in [4.69, 9.17) is 5.73 Å². The van der Waals surface area contributed by atoms with Crippen molar-refractivity contribution in [1.29, 1.82) is 0 Å². The number of carbonyl (C=O) groups excluding carboxylic acids is 2. The van der Waals surface area contributed by atoms with E-state index in [1.165, 1.54) is 6.20 Å². The maximum atomic E-state index is 12.4. The Morgan fingerprint density at radius 1 is 1.48 bits per heavy atom. The Kier molecular flexibility index (Phi) is 5.33. The highest BCUT2D eigenvalue weighted by Crippen LogP contribution is 2.27. The van der Waals surface area contributed by atoms with Crippen LogP contribution in [0.5, 0.6) is 0 Å². The summed E-state index contributed by atoms with van der Waals surface area (Å²) in [6.07, 6.45) is 7.77. The van der Waals surface area contributed by atoms with Crippen LogP contribution in [0.3, 0.4) is 0 Å². The summed E-state index contributed by atoms with van der Waals surface area (Å²) in [5.41, 5.74) is 10.5. The Morgan fingerprint density at radius 2 is 2.32 bits per heavy atom. The Labute approximate surface area is 146 Å². The summed E-state index contributed by atoms with van der Waals surface area (Å²) >= 11 is 0. The molecule has 1 amide bonds. The molecule has 4 N–H and O–H groups in total. The molecule has 0 saturated carbocycles. The van der Waals surface area contributed by atoms with Crippen LogP contribution >= 0.6 is 0 Å². The van der Waals surface area contributed by atoms with E-state index in [9.17, 15) is 9.59 Å². The number of nitrogens with one attached hydrogen (secondary N) is 2. The van der Waals surface area contributed by atoms with Gasteiger partial charge in [0.1, 0.15) is 11.4 Å². The number of hydrazine groups is 1. The van der Waals surface area contributed by atoms with E-state index in [1.54, 1.807) is 6.20 Å².